The third kappa shape index (κ3) is 1.47. The van der Waals surface area contributed by atoms with Gasteiger partial charge >= 0.3 is 5.97 Å². The summed E-state index contributed by atoms with van der Waals surface area (Å²) < 4.78 is 5.35. The van der Waals surface area contributed by atoms with Gasteiger partial charge in [-0.05, 0) is 35.4 Å². The Hall–Kier alpha value is -1.55. The minimum Gasteiger partial charge on any atom is -0.506 e. The molecule has 4 heteroatoms. The highest BCUT2D eigenvalue weighted by molar-refractivity contribution is 7.17. The Morgan fingerprint density at radius 3 is 2.93 bits per heavy atom. The number of rotatable bonds is 1. The van der Waals surface area contributed by atoms with Crippen LogP contribution in [0.2, 0.25) is 0 Å². The number of phenolic OH excluding ortho intramolecular Hbond substituents is 1. The summed E-state index contributed by atoms with van der Waals surface area (Å²) in [6, 6.07) is 3.78. The van der Waals surface area contributed by atoms with Crippen LogP contribution in [0.4, 0.5) is 0 Å². The molecule has 3 nitrogen and oxygen atoms in total. The Bertz CT molecular complexity index is 528. The zero-order valence-electron chi connectivity index (χ0n) is 8.40. The molecular formula is C11H10O3S. The van der Waals surface area contributed by atoms with Gasteiger partial charge in [0.2, 0.25) is 0 Å². The molecule has 0 bridgehead atoms. The van der Waals surface area contributed by atoms with Crippen molar-refractivity contribution in [2.24, 2.45) is 0 Å². The zero-order chi connectivity index (χ0) is 11.0. The quantitative estimate of drug-likeness (QED) is 0.754. The van der Waals surface area contributed by atoms with Crippen LogP contribution in [0.25, 0.3) is 10.1 Å². The number of esters is 1. The number of fused-ring (bicyclic) bond motifs is 1. The molecule has 78 valence electrons. The third-order valence-electron chi connectivity index (χ3n) is 2.30. The largest absolute Gasteiger partial charge is 0.506 e. The Morgan fingerprint density at radius 1 is 1.53 bits per heavy atom. The summed E-state index contributed by atoms with van der Waals surface area (Å²) in [6.07, 6.45) is 0. The fourth-order valence-corrected chi connectivity index (χ4v) is 2.42. The van der Waals surface area contributed by atoms with E-state index in [2.05, 4.69) is 4.74 Å². The molecule has 0 saturated heterocycles. The van der Waals surface area contributed by atoms with Crippen molar-refractivity contribution in [1.29, 1.82) is 0 Å². The Morgan fingerprint density at radius 2 is 2.27 bits per heavy atom. The van der Waals surface area contributed by atoms with Crippen LogP contribution in [-0.4, -0.2) is 18.2 Å². The normalized spacial score (nSPS) is 10.5. The summed E-state index contributed by atoms with van der Waals surface area (Å²) in [5.41, 5.74) is 0.984. The average molecular weight is 222 g/mol. The number of aromatic hydroxyl groups is 1. The van der Waals surface area contributed by atoms with E-state index in [0.29, 0.717) is 0 Å². The summed E-state index contributed by atoms with van der Waals surface area (Å²) in [6.45, 7) is 1.78. The number of thiophene rings is 1. The lowest BCUT2D eigenvalue weighted by Crippen LogP contribution is -2.04. The molecule has 2 rings (SSSR count). The first kappa shape index (κ1) is 9.98. The van der Waals surface area contributed by atoms with Crippen molar-refractivity contribution in [2.75, 3.05) is 7.11 Å². The van der Waals surface area contributed by atoms with Gasteiger partial charge in [-0.3, -0.25) is 0 Å². The van der Waals surface area contributed by atoms with Crippen molar-refractivity contribution < 1.29 is 14.6 Å². The molecule has 0 aliphatic carbocycles. The molecule has 0 amide bonds. The summed E-state index contributed by atoms with van der Waals surface area (Å²) in [4.78, 5) is 11.4. The molecule has 0 fully saturated rings. The van der Waals surface area contributed by atoms with Gasteiger partial charge in [-0.25, -0.2) is 4.79 Å². The third-order valence-corrected chi connectivity index (χ3v) is 3.24. The van der Waals surface area contributed by atoms with Crippen molar-refractivity contribution >= 4 is 27.4 Å². The number of carbonyl (C=O) groups excluding carboxylic acids is 1. The second-order valence-corrected chi connectivity index (χ2v) is 4.16. The maximum atomic E-state index is 11.4. The van der Waals surface area contributed by atoms with E-state index in [1.165, 1.54) is 18.4 Å². The molecular weight excluding hydrogens is 212 g/mol. The number of phenols is 1. The van der Waals surface area contributed by atoms with Crippen LogP contribution in [-0.2, 0) is 4.74 Å². The van der Waals surface area contributed by atoms with Crippen LogP contribution < -0.4 is 0 Å². The van der Waals surface area contributed by atoms with E-state index >= 15 is 0 Å². The summed E-state index contributed by atoms with van der Waals surface area (Å²) in [7, 11) is 1.31. The Labute approximate surface area is 90.9 Å². The SMILES string of the molecule is COC(=O)c1c(C)cc2ccsc2c1O. The average Bonchev–Trinajstić information content (AvgIpc) is 2.65. The molecule has 0 aliphatic heterocycles. The molecule has 0 saturated carbocycles. The van der Waals surface area contributed by atoms with Crippen molar-refractivity contribution in [2.45, 2.75) is 6.92 Å². The van der Waals surface area contributed by atoms with Crippen molar-refractivity contribution in [1.82, 2.24) is 0 Å². The maximum Gasteiger partial charge on any atom is 0.341 e. The van der Waals surface area contributed by atoms with Crippen LogP contribution in [0, 0.1) is 6.92 Å². The highest BCUT2D eigenvalue weighted by Crippen LogP contribution is 2.35. The first-order chi connectivity index (χ1) is 7.15. The first-order valence-corrected chi connectivity index (χ1v) is 5.31. The van der Waals surface area contributed by atoms with Crippen molar-refractivity contribution in [3.63, 3.8) is 0 Å². The van der Waals surface area contributed by atoms with Crippen LogP contribution in [0.15, 0.2) is 17.5 Å². The summed E-state index contributed by atoms with van der Waals surface area (Å²) in [5.74, 6) is -0.479. The lowest BCUT2D eigenvalue weighted by molar-refractivity contribution is 0.0597. The fraction of sp³-hybridized carbons (Fsp3) is 0.182. The van der Waals surface area contributed by atoms with E-state index in [1.807, 2.05) is 17.5 Å². The predicted molar refractivity (Wildman–Crippen MR) is 59.6 cm³/mol. The van der Waals surface area contributed by atoms with Gasteiger partial charge in [-0.1, -0.05) is 0 Å². The van der Waals surface area contributed by atoms with Gasteiger partial charge in [0, 0.05) is 0 Å². The van der Waals surface area contributed by atoms with Gasteiger partial charge in [0.15, 0.2) is 0 Å². The minimum absolute atomic E-state index is 0.0202. The predicted octanol–water partition coefficient (Wildman–Crippen LogP) is 2.70. The fourth-order valence-electron chi connectivity index (χ4n) is 1.59. The van der Waals surface area contributed by atoms with Crippen molar-refractivity contribution in [3.05, 3.63) is 28.6 Å². The number of hydrogen-bond acceptors (Lipinski definition) is 4. The first-order valence-electron chi connectivity index (χ1n) is 4.43. The number of methoxy groups -OCH3 is 1. The highest BCUT2D eigenvalue weighted by atomic mass is 32.1. The van der Waals surface area contributed by atoms with Gasteiger partial charge in [-0.15, -0.1) is 11.3 Å². The van der Waals surface area contributed by atoms with Crippen LogP contribution in [0.5, 0.6) is 5.75 Å². The monoisotopic (exact) mass is 222 g/mol. The molecule has 0 radical (unpaired) electrons. The molecule has 1 aromatic carbocycles. The highest BCUT2D eigenvalue weighted by Gasteiger charge is 2.18. The molecule has 0 spiro atoms. The number of ether oxygens (including phenoxy) is 1. The zero-order valence-corrected chi connectivity index (χ0v) is 9.22. The van der Waals surface area contributed by atoms with Crippen LogP contribution in [0.1, 0.15) is 15.9 Å². The standard InChI is InChI=1S/C11H10O3S/c1-6-5-7-3-4-15-10(7)9(12)8(6)11(13)14-2/h3-5,12H,1-2H3. The molecule has 2 aromatic rings. The number of carbonyl (C=O) groups is 1. The van der Waals surface area contributed by atoms with Crippen molar-refractivity contribution in [3.8, 4) is 5.75 Å². The van der Waals surface area contributed by atoms with Crippen LogP contribution in [0.3, 0.4) is 0 Å². The van der Waals surface area contributed by atoms with Crippen LogP contribution >= 0.6 is 11.3 Å². The molecule has 0 unspecified atom stereocenters. The molecule has 1 N–H and O–H groups in total. The lowest BCUT2D eigenvalue weighted by atomic mass is 10.1. The Kier molecular flexibility index (Phi) is 2.36. The smallest absolute Gasteiger partial charge is 0.341 e. The molecule has 15 heavy (non-hydrogen) atoms. The van der Waals surface area contributed by atoms with E-state index < -0.39 is 5.97 Å². The maximum absolute atomic E-state index is 11.4. The molecule has 1 heterocycles. The number of benzene rings is 1. The van der Waals surface area contributed by atoms with Gasteiger partial charge in [0.1, 0.15) is 11.3 Å². The van der Waals surface area contributed by atoms with Gasteiger partial charge in [0.05, 0.1) is 11.8 Å². The summed E-state index contributed by atoms with van der Waals surface area (Å²) >= 11 is 1.41. The van der Waals surface area contributed by atoms with E-state index in [1.54, 1.807) is 6.92 Å². The second-order valence-electron chi connectivity index (χ2n) is 3.25. The van der Waals surface area contributed by atoms with Gasteiger partial charge in [0.25, 0.3) is 0 Å². The second kappa shape index (κ2) is 3.55. The number of hydrogen-bond donors (Lipinski definition) is 1. The van der Waals surface area contributed by atoms with Gasteiger partial charge < -0.3 is 9.84 Å². The molecule has 0 atom stereocenters. The number of aryl methyl sites for hydroxylation is 1. The van der Waals surface area contributed by atoms with E-state index in [4.69, 9.17) is 0 Å². The summed E-state index contributed by atoms with van der Waals surface area (Å²) in [5, 5.41) is 12.8. The molecule has 1 aromatic heterocycles. The topological polar surface area (TPSA) is 46.5 Å². The van der Waals surface area contributed by atoms with E-state index in [9.17, 15) is 9.90 Å². The van der Waals surface area contributed by atoms with Gasteiger partial charge in [-0.2, -0.15) is 0 Å². The lowest BCUT2D eigenvalue weighted by Gasteiger charge is -2.07. The van der Waals surface area contributed by atoms with E-state index in [-0.39, 0.29) is 11.3 Å². The van der Waals surface area contributed by atoms with E-state index in [0.717, 1.165) is 15.6 Å². The minimum atomic E-state index is -0.500. The molecule has 0 aliphatic rings. The Balaban J connectivity index is 2.78.